The summed E-state index contributed by atoms with van der Waals surface area (Å²) in [6, 6.07) is 0.788. The van der Waals surface area contributed by atoms with Gasteiger partial charge in [-0.15, -0.1) is 0 Å². The van der Waals surface area contributed by atoms with Crippen LogP contribution in [0.25, 0.3) is 0 Å². The molecular formula is C14H25NO. The third-order valence-electron chi connectivity index (χ3n) is 5.61. The summed E-state index contributed by atoms with van der Waals surface area (Å²) in [5.74, 6) is 1.98. The Bertz CT molecular complexity index is 237. The molecule has 0 bridgehead atoms. The fraction of sp³-hybridized carbons (Fsp3) is 1.00. The largest absolute Gasteiger partial charge is 0.380 e. The molecule has 1 heterocycles. The van der Waals surface area contributed by atoms with E-state index in [0.717, 1.165) is 31.1 Å². The van der Waals surface area contributed by atoms with E-state index in [0.29, 0.717) is 5.41 Å². The summed E-state index contributed by atoms with van der Waals surface area (Å²) < 4.78 is 5.59. The second kappa shape index (κ2) is 4.30. The van der Waals surface area contributed by atoms with Gasteiger partial charge in [0, 0.05) is 11.5 Å². The van der Waals surface area contributed by atoms with Crippen LogP contribution in [0.2, 0.25) is 0 Å². The number of nitrogens with one attached hydrogen (secondary N) is 1. The van der Waals surface area contributed by atoms with Crippen LogP contribution in [0.4, 0.5) is 0 Å². The van der Waals surface area contributed by atoms with Gasteiger partial charge in [-0.05, 0) is 57.4 Å². The SMILES string of the molecule is CNC1CCC(C2(C3CCC3)COC2)CC1. The van der Waals surface area contributed by atoms with Crippen LogP contribution in [0.15, 0.2) is 0 Å². The first kappa shape index (κ1) is 11.0. The molecule has 92 valence electrons. The lowest BCUT2D eigenvalue weighted by Crippen LogP contribution is -2.56. The summed E-state index contributed by atoms with van der Waals surface area (Å²) in [5, 5.41) is 3.44. The van der Waals surface area contributed by atoms with Gasteiger partial charge < -0.3 is 10.1 Å². The zero-order valence-electron chi connectivity index (χ0n) is 10.5. The van der Waals surface area contributed by atoms with E-state index < -0.39 is 0 Å². The standard InChI is InChI=1S/C14H25NO/c1-15-13-7-5-12(6-8-13)14(9-16-10-14)11-3-2-4-11/h11-13,15H,2-10H2,1H3. The molecule has 1 aliphatic heterocycles. The van der Waals surface area contributed by atoms with Crippen molar-refractivity contribution in [2.24, 2.45) is 17.3 Å². The van der Waals surface area contributed by atoms with E-state index in [1.807, 2.05) is 0 Å². The molecule has 2 saturated carbocycles. The second-order valence-electron chi connectivity index (χ2n) is 6.19. The molecule has 1 saturated heterocycles. The van der Waals surface area contributed by atoms with Gasteiger partial charge in [0.25, 0.3) is 0 Å². The first-order valence-corrected chi connectivity index (χ1v) is 7.10. The molecular weight excluding hydrogens is 198 g/mol. The summed E-state index contributed by atoms with van der Waals surface area (Å²) >= 11 is 0. The Balaban J connectivity index is 1.62. The lowest BCUT2D eigenvalue weighted by Gasteiger charge is -2.56. The van der Waals surface area contributed by atoms with Crippen molar-refractivity contribution >= 4 is 0 Å². The number of hydrogen-bond acceptors (Lipinski definition) is 2. The highest BCUT2D eigenvalue weighted by Gasteiger charge is 2.52. The van der Waals surface area contributed by atoms with Gasteiger partial charge in [-0.3, -0.25) is 0 Å². The number of rotatable bonds is 3. The average Bonchev–Trinajstić information content (AvgIpc) is 2.21. The van der Waals surface area contributed by atoms with Crippen molar-refractivity contribution in [1.82, 2.24) is 5.32 Å². The van der Waals surface area contributed by atoms with Gasteiger partial charge in [-0.2, -0.15) is 0 Å². The van der Waals surface area contributed by atoms with Crippen LogP contribution in [-0.2, 0) is 4.74 Å². The Morgan fingerprint density at radius 1 is 0.938 bits per heavy atom. The molecule has 2 heteroatoms. The molecule has 0 spiro atoms. The number of hydrogen-bond donors (Lipinski definition) is 1. The van der Waals surface area contributed by atoms with Crippen molar-refractivity contribution in [2.45, 2.75) is 51.0 Å². The van der Waals surface area contributed by atoms with Gasteiger partial charge in [0.05, 0.1) is 13.2 Å². The van der Waals surface area contributed by atoms with Crippen LogP contribution in [0, 0.1) is 17.3 Å². The minimum Gasteiger partial charge on any atom is -0.380 e. The Morgan fingerprint density at radius 2 is 1.56 bits per heavy atom. The zero-order valence-corrected chi connectivity index (χ0v) is 10.5. The lowest BCUT2D eigenvalue weighted by atomic mass is 9.55. The molecule has 0 aromatic rings. The highest BCUT2D eigenvalue weighted by Crippen LogP contribution is 2.54. The van der Waals surface area contributed by atoms with Gasteiger partial charge in [-0.1, -0.05) is 6.42 Å². The van der Waals surface area contributed by atoms with Gasteiger partial charge >= 0.3 is 0 Å². The summed E-state index contributed by atoms with van der Waals surface area (Å²) in [5.41, 5.74) is 0.622. The van der Waals surface area contributed by atoms with Gasteiger partial charge in [0.1, 0.15) is 0 Å². The van der Waals surface area contributed by atoms with Crippen molar-refractivity contribution in [3.05, 3.63) is 0 Å². The van der Waals surface area contributed by atoms with E-state index >= 15 is 0 Å². The highest BCUT2D eigenvalue weighted by atomic mass is 16.5. The summed E-state index contributed by atoms with van der Waals surface area (Å²) in [6.07, 6.45) is 10.1. The molecule has 2 nitrogen and oxygen atoms in total. The van der Waals surface area contributed by atoms with E-state index in [2.05, 4.69) is 12.4 Å². The third-order valence-corrected chi connectivity index (χ3v) is 5.61. The molecule has 16 heavy (non-hydrogen) atoms. The van der Waals surface area contributed by atoms with Crippen molar-refractivity contribution in [3.8, 4) is 0 Å². The fourth-order valence-corrected chi connectivity index (χ4v) is 4.08. The first-order chi connectivity index (χ1) is 7.85. The first-order valence-electron chi connectivity index (χ1n) is 7.10. The Labute approximate surface area is 99.1 Å². The molecule has 0 unspecified atom stereocenters. The molecule has 1 N–H and O–H groups in total. The van der Waals surface area contributed by atoms with Crippen LogP contribution < -0.4 is 5.32 Å². The van der Waals surface area contributed by atoms with Gasteiger partial charge in [0.15, 0.2) is 0 Å². The molecule has 2 aliphatic carbocycles. The Kier molecular flexibility index (Phi) is 2.97. The van der Waals surface area contributed by atoms with Gasteiger partial charge in [0.2, 0.25) is 0 Å². The topological polar surface area (TPSA) is 21.3 Å². The molecule has 0 atom stereocenters. The van der Waals surface area contributed by atoms with E-state index in [1.54, 1.807) is 0 Å². The smallest absolute Gasteiger partial charge is 0.0550 e. The van der Waals surface area contributed by atoms with Crippen molar-refractivity contribution in [3.63, 3.8) is 0 Å². The molecule has 0 radical (unpaired) electrons. The Morgan fingerprint density at radius 3 is 1.94 bits per heavy atom. The molecule has 3 aliphatic rings. The summed E-state index contributed by atoms with van der Waals surface area (Å²) in [4.78, 5) is 0. The molecule has 3 rings (SSSR count). The second-order valence-corrected chi connectivity index (χ2v) is 6.19. The van der Waals surface area contributed by atoms with E-state index in [9.17, 15) is 0 Å². The van der Waals surface area contributed by atoms with Crippen molar-refractivity contribution < 1.29 is 4.74 Å². The van der Waals surface area contributed by atoms with E-state index in [4.69, 9.17) is 4.74 Å². The van der Waals surface area contributed by atoms with Crippen molar-refractivity contribution in [1.29, 1.82) is 0 Å². The molecule has 0 aromatic heterocycles. The minimum atomic E-state index is 0.622. The van der Waals surface area contributed by atoms with Crippen LogP contribution in [0.1, 0.15) is 44.9 Å². The predicted molar refractivity (Wildman–Crippen MR) is 65.4 cm³/mol. The maximum absolute atomic E-state index is 5.59. The van der Waals surface area contributed by atoms with Crippen LogP contribution in [-0.4, -0.2) is 26.3 Å². The van der Waals surface area contributed by atoms with E-state index in [-0.39, 0.29) is 0 Å². The maximum atomic E-state index is 5.59. The quantitative estimate of drug-likeness (QED) is 0.794. The summed E-state index contributed by atoms with van der Waals surface area (Å²) in [6.45, 7) is 2.15. The summed E-state index contributed by atoms with van der Waals surface area (Å²) in [7, 11) is 2.11. The average molecular weight is 223 g/mol. The van der Waals surface area contributed by atoms with Crippen molar-refractivity contribution in [2.75, 3.05) is 20.3 Å². The zero-order chi connectivity index (χ0) is 11.0. The Hall–Kier alpha value is -0.0800. The van der Waals surface area contributed by atoms with Gasteiger partial charge in [-0.25, -0.2) is 0 Å². The number of ether oxygens (including phenoxy) is 1. The van der Waals surface area contributed by atoms with Crippen LogP contribution >= 0.6 is 0 Å². The molecule has 0 aromatic carbocycles. The lowest BCUT2D eigenvalue weighted by molar-refractivity contribution is -0.199. The molecule has 3 fully saturated rings. The van der Waals surface area contributed by atoms with E-state index in [1.165, 1.54) is 44.9 Å². The van der Waals surface area contributed by atoms with Crippen LogP contribution in [0.5, 0.6) is 0 Å². The maximum Gasteiger partial charge on any atom is 0.0550 e. The third kappa shape index (κ3) is 1.62. The van der Waals surface area contributed by atoms with Crippen LogP contribution in [0.3, 0.4) is 0 Å². The fourth-order valence-electron chi connectivity index (χ4n) is 4.08. The normalized spacial score (nSPS) is 38.8. The highest BCUT2D eigenvalue weighted by molar-refractivity contribution is 5.01. The molecule has 0 amide bonds. The minimum absolute atomic E-state index is 0.622. The monoisotopic (exact) mass is 223 g/mol. The predicted octanol–water partition coefficient (Wildman–Crippen LogP) is 2.58.